The Balaban J connectivity index is 1.88. The van der Waals surface area contributed by atoms with Crippen LogP contribution in [0.4, 0.5) is 11.8 Å². The van der Waals surface area contributed by atoms with Crippen LogP contribution in [-0.2, 0) is 6.42 Å². The molecule has 3 heterocycles. The molecule has 0 radical (unpaired) electrons. The third kappa shape index (κ3) is 2.98. The first-order valence-corrected chi connectivity index (χ1v) is 8.83. The molecule has 1 fully saturated rings. The van der Waals surface area contributed by atoms with E-state index in [0.29, 0.717) is 5.95 Å². The average Bonchev–Trinajstić information content (AvgIpc) is 2.90. The average molecular weight is 304 g/mol. The van der Waals surface area contributed by atoms with E-state index in [0.717, 1.165) is 36.1 Å². The zero-order valence-electron chi connectivity index (χ0n) is 12.9. The lowest BCUT2D eigenvalue weighted by molar-refractivity contribution is 0.378. The quantitative estimate of drug-likeness (QED) is 0.932. The monoisotopic (exact) mass is 304 g/mol. The van der Waals surface area contributed by atoms with Gasteiger partial charge < -0.3 is 10.6 Å². The highest BCUT2D eigenvalue weighted by Crippen LogP contribution is 2.34. The van der Waals surface area contributed by atoms with Crippen molar-refractivity contribution in [2.45, 2.75) is 46.0 Å². The molecular weight excluding hydrogens is 280 g/mol. The summed E-state index contributed by atoms with van der Waals surface area (Å²) in [4.78, 5) is 13.7. The third-order valence-electron chi connectivity index (χ3n) is 4.40. The van der Waals surface area contributed by atoms with Crippen LogP contribution in [0.1, 0.15) is 44.4 Å². The number of hydrogen-bond donors (Lipinski definition) is 1. The van der Waals surface area contributed by atoms with E-state index >= 15 is 0 Å². The minimum Gasteiger partial charge on any atom is -0.368 e. The van der Waals surface area contributed by atoms with Gasteiger partial charge in [-0.3, -0.25) is 0 Å². The van der Waals surface area contributed by atoms with Gasteiger partial charge in [0.1, 0.15) is 10.6 Å². The molecule has 0 saturated carbocycles. The molecule has 114 valence electrons. The molecule has 0 aromatic carbocycles. The second-order valence-corrected chi connectivity index (χ2v) is 7.02. The van der Waals surface area contributed by atoms with Gasteiger partial charge >= 0.3 is 0 Å². The fourth-order valence-corrected chi connectivity index (χ4v) is 4.20. The summed E-state index contributed by atoms with van der Waals surface area (Å²) in [6.45, 7) is 6.64. The largest absolute Gasteiger partial charge is 0.368 e. The van der Waals surface area contributed by atoms with Gasteiger partial charge in [0, 0.05) is 18.0 Å². The highest BCUT2D eigenvalue weighted by atomic mass is 32.1. The van der Waals surface area contributed by atoms with Crippen molar-refractivity contribution < 1.29 is 0 Å². The summed E-state index contributed by atoms with van der Waals surface area (Å²) in [7, 11) is 0. The fourth-order valence-electron chi connectivity index (χ4n) is 3.23. The number of nitrogens with zero attached hydrogens (tertiary/aromatic N) is 3. The van der Waals surface area contributed by atoms with Crippen LogP contribution < -0.4 is 10.6 Å². The van der Waals surface area contributed by atoms with Gasteiger partial charge in [0.15, 0.2) is 0 Å². The van der Waals surface area contributed by atoms with Crippen molar-refractivity contribution in [2.24, 2.45) is 5.92 Å². The number of anilines is 2. The molecule has 2 N–H and O–H groups in total. The van der Waals surface area contributed by atoms with E-state index in [1.54, 1.807) is 11.3 Å². The van der Waals surface area contributed by atoms with Crippen LogP contribution in [0.3, 0.4) is 0 Å². The molecule has 2 aromatic heterocycles. The minimum atomic E-state index is 0.401. The number of aromatic nitrogens is 2. The van der Waals surface area contributed by atoms with Crippen molar-refractivity contribution in [2.75, 3.05) is 23.7 Å². The molecule has 0 unspecified atom stereocenters. The lowest BCUT2D eigenvalue weighted by Gasteiger charge is -2.33. The molecule has 0 amide bonds. The Labute approximate surface area is 130 Å². The van der Waals surface area contributed by atoms with Crippen LogP contribution in [-0.4, -0.2) is 23.1 Å². The number of piperidine rings is 1. The molecule has 1 aliphatic heterocycles. The Hall–Kier alpha value is -1.36. The zero-order chi connectivity index (χ0) is 14.8. The zero-order valence-corrected chi connectivity index (χ0v) is 13.7. The highest BCUT2D eigenvalue weighted by Gasteiger charge is 2.22. The lowest BCUT2D eigenvalue weighted by atomic mass is 9.92. The lowest BCUT2D eigenvalue weighted by Crippen LogP contribution is -2.34. The second kappa shape index (κ2) is 6.18. The molecule has 0 atom stereocenters. The molecular formula is C16H24N4S. The number of nitrogens with two attached hydrogens (primary N) is 1. The number of thiophene rings is 1. The number of hydrogen-bond acceptors (Lipinski definition) is 5. The van der Waals surface area contributed by atoms with Gasteiger partial charge in [0.2, 0.25) is 5.95 Å². The Morgan fingerprint density at radius 3 is 2.71 bits per heavy atom. The van der Waals surface area contributed by atoms with Gasteiger partial charge in [0.25, 0.3) is 0 Å². The van der Waals surface area contributed by atoms with Crippen LogP contribution in [0.15, 0.2) is 6.07 Å². The van der Waals surface area contributed by atoms with E-state index in [4.69, 9.17) is 5.73 Å². The molecule has 4 nitrogen and oxygen atoms in total. The Morgan fingerprint density at radius 1 is 1.29 bits per heavy atom. The van der Waals surface area contributed by atoms with Crippen LogP contribution in [0.5, 0.6) is 0 Å². The first kappa shape index (κ1) is 14.6. The molecule has 5 heteroatoms. The first-order valence-electron chi connectivity index (χ1n) is 8.02. The topological polar surface area (TPSA) is 55.0 Å². The van der Waals surface area contributed by atoms with E-state index in [1.807, 2.05) is 0 Å². The summed E-state index contributed by atoms with van der Waals surface area (Å²) < 4.78 is 0. The standard InChI is InChI=1S/C16H24N4S/c1-3-5-11-6-8-20(9-7-11)14-13-10-12(4-2)21-15(13)19-16(17)18-14/h10-11H,3-9H2,1-2H3,(H2,17,18,19). The molecule has 2 aromatic rings. The van der Waals surface area contributed by atoms with Gasteiger partial charge in [-0.25, -0.2) is 4.98 Å². The maximum absolute atomic E-state index is 5.91. The van der Waals surface area contributed by atoms with Crippen molar-refractivity contribution in [1.82, 2.24) is 9.97 Å². The highest BCUT2D eigenvalue weighted by molar-refractivity contribution is 7.18. The van der Waals surface area contributed by atoms with Gasteiger partial charge in [-0.15, -0.1) is 11.3 Å². The maximum Gasteiger partial charge on any atom is 0.223 e. The van der Waals surface area contributed by atoms with Crippen molar-refractivity contribution in [1.29, 1.82) is 0 Å². The van der Waals surface area contributed by atoms with Gasteiger partial charge in [-0.1, -0.05) is 26.7 Å². The van der Waals surface area contributed by atoms with E-state index in [2.05, 4.69) is 34.8 Å². The van der Waals surface area contributed by atoms with E-state index in [1.165, 1.54) is 35.9 Å². The molecule has 3 rings (SSSR count). The Morgan fingerprint density at radius 2 is 2.05 bits per heavy atom. The number of nitrogen functional groups attached to an aromatic ring is 1. The summed E-state index contributed by atoms with van der Waals surface area (Å²) in [5, 5.41) is 1.18. The molecule has 21 heavy (non-hydrogen) atoms. The van der Waals surface area contributed by atoms with Crippen molar-refractivity contribution in [3.8, 4) is 0 Å². The van der Waals surface area contributed by atoms with Crippen molar-refractivity contribution >= 4 is 33.3 Å². The van der Waals surface area contributed by atoms with E-state index < -0.39 is 0 Å². The SMILES string of the molecule is CCCC1CCN(c2nc(N)nc3sc(CC)cc23)CC1. The predicted molar refractivity (Wildman–Crippen MR) is 91.1 cm³/mol. The van der Waals surface area contributed by atoms with E-state index in [-0.39, 0.29) is 0 Å². The van der Waals surface area contributed by atoms with Gasteiger partial charge in [0.05, 0.1) is 5.39 Å². The smallest absolute Gasteiger partial charge is 0.223 e. The Bertz CT molecular complexity index is 614. The van der Waals surface area contributed by atoms with Gasteiger partial charge in [-0.05, 0) is 31.2 Å². The number of rotatable bonds is 4. The number of fused-ring (bicyclic) bond motifs is 1. The summed E-state index contributed by atoms with van der Waals surface area (Å²) in [6.07, 6.45) is 6.22. The maximum atomic E-state index is 5.91. The summed E-state index contributed by atoms with van der Waals surface area (Å²) in [6, 6.07) is 2.24. The van der Waals surface area contributed by atoms with Crippen LogP contribution in [0, 0.1) is 5.92 Å². The van der Waals surface area contributed by atoms with E-state index in [9.17, 15) is 0 Å². The Kier molecular flexibility index (Phi) is 4.29. The molecule has 1 saturated heterocycles. The van der Waals surface area contributed by atoms with Crippen molar-refractivity contribution in [3.63, 3.8) is 0 Å². The van der Waals surface area contributed by atoms with Crippen molar-refractivity contribution in [3.05, 3.63) is 10.9 Å². The molecule has 0 bridgehead atoms. The normalized spacial score (nSPS) is 16.8. The molecule has 1 aliphatic rings. The molecule has 0 aliphatic carbocycles. The van der Waals surface area contributed by atoms with Gasteiger partial charge in [-0.2, -0.15) is 4.98 Å². The second-order valence-electron chi connectivity index (χ2n) is 5.91. The summed E-state index contributed by atoms with van der Waals surface area (Å²) in [5.74, 6) is 2.33. The fraction of sp³-hybridized carbons (Fsp3) is 0.625. The third-order valence-corrected chi connectivity index (χ3v) is 5.57. The molecule has 0 spiro atoms. The first-order chi connectivity index (χ1) is 10.2. The summed E-state index contributed by atoms with van der Waals surface area (Å²) in [5.41, 5.74) is 5.91. The van der Waals surface area contributed by atoms with Crippen LogP contribution in [0.25, 0.3) is 10.2 Å². The minimum absolute atomic E-state index is 0.401. The number of aryl methyl sites for hydroxylation is 1. The summed E-state index contributed by atoms with van der Waals surface area (Å²) >= 11 is 1.74. The van der Waals surface area contributed by atoms with Crippen LogP contribution in [0.2, 0.25) is 0 Å². The predicted octanol–water partition coefficient (Wildman–Crippen LogP) is 3.85. The van der Waals surface area contributed by atoms with Crippen LogP contribution >= 0.6 is 11.3 Å².